The number of thiophene rings is 1. The van der Waals surface area contributed by atoms with Crippen molar-refractivity contribution in [2.24, 2.45) is 0 Å². The van der Waals surface area contributed by atoms with E-state index >= 15 is 0 Å². The third kappa shape index (κ3) is 4.96. The highest BCUT2D eigenvalue weighted by Crippen LogP contribution is 2.27. The Morgan fingerprint density at radius 3 is 2.76 bits per heavy atom. The molecule has 98 valence electrons. The average Bonchev–Trinajstić information content (AvgIpc) is 2.94. The molecular weight excluding hydrogens is 252 g/mol. The highest BCUT2D eigenvalue weighted by atomic mass is 35.5. The SMILES string of the molecule is CC(C)N(CCNCc1cccs1)C1CC1.Cl. The second kappa shape index (κ2) is 7.37. The fourth-order valence-electron chi connectivity index (χ4n) is 2.10. The van der Waals surface area contributed by atoms with Gasteiger partial charge in [-0.2, -0.15) is 0 Å². The Balaban J connectivity index is 0.00000144. The van der Waals surface area contributed by atoms with Crippen LogP contribution in [0.3, 0.4) is 0 Å². The Kier molecular flexibility index (Phi) is 6.49. The minimum atomic E-state index is 0. The van der Waals surface area contributed by atoms with Crippen LogP contribution in [0.5, 0.6) is 0 Å². The molecule has 0 atom stereocenters. The molecule has 0 spiro atoms. The lowest BCUT2D eigenvalue weighted by molar-refractivity contribution is 0.211. The van der Waals surface area contributed by atoms with Crippen LogP contribution in [0.4, 0.5) is 0 Å². The number of nitrogens with zero attached hydrogens (tertiary/aromatic N) is 1. The predicted octanol–water partition coefficient (Wildman–Crippen LogP) is 3.13. The summed E-state index contributed by atoms with van der Waals surface area (Å²) < 4.78 is 0. The number of hydrogen-bond donors (Lipinski definition) is 1. The molecule has 1 aliphatic carbocycles. The molecule has 0 aliphatic heterocycles. The summed E-state index contributed by atoms with van der Waals surface area (Å²) in [5.41, 5.74) is 0. The van der Waals surface area contributed by atoms with Crippen LogP contribution in [0.1, 0.15) is 31.6 Å². The van der Waals surface area contributed by atoms with Crippen LogP contribution in [0.15, 0.2) is 17.5 Å². The van der Waals surface area contributed by atoms with E-state index in [0.717, 1.165) is 19.1 Å². The topological polar surface area (TPSA) is 15.3 Å². The largest absolute Gasteiger partial charge is 0.311 e. The molecule has 1 aromatic rings. The van der Waals surface area contributed by atoms with E-state index in [1.165, 1.54) is 24.3 Å². The van der Waals surface area contributed by atoms with Crippen LogP contribution in [0.2, 0.25) is 0 Å². The first-order valence-electron chi connectivity index (χ1n) is 6.26. The summed E-state index contributed by atoms with van der Waals surface area (Å²) in [4.78, 5) is 4.06. The highest BCUT2D eigenvalue weighted by molar-refractivity contribution is 7.09. The van der Waals surface area contributed by atoms with Crippen molar-refractivity contribution in [3.63, 3.8) is 0 Å². The highest BCUT2D eigenvalue weighted by Gasteiger charge is 2.29. The van der Waals surface area contributed by atoms with Crippen molar-refractivity contribution < 1.29 is 0 Å². The lowest BCUT2D eigenvalue weighted by Gasteiger charge is -2.26. The van der Waals surface area contributed by atoms with Gasteiger partial charge < -0.3 is 5.32 Å². The van der Waals surface area contributed by atoms with Gasteiger partial charge in [-0.05, 0) is 38.1 Å². The van der Waals surface area contributed by atoms with Crippen molar-refractivity contribution in [2.75, 3.05) is 13.1 Å². The number of hydrogen-bond acceptors (Lipinski definition) is 3. The third-order valence-electron chi connectivity index (χ3n) is 3.11. The summed E-state index contributed by atoms with van der Waals surface area (Å²) in [5.74, 6) is 0. The van der Waals surface area contributed by atoms with Crippen molar-refractivity contribution in [3.05, 3.63) is 22.4 Å². The molecule has 1 aromatic heterocycles. The van der Waals surface area contributed by atoms with E-state index in [1.54, 1.807) is 0 Å². The maximum absolute atomic E-state index is 3.52. The number of halogens is 1. The first kappa shape index (κ1) is 15.0. The summed E-state index contributed by atoms with van der Waals surface area (Å²) in [6.07, 6.45) is 2.81. The van der Waals surface area contributed by atoms with Gasteiger partial charge in [0.2, 0.25) is 0 Å². The van der Waals surface area contributed by atoms with Crippen molar-refractivity contribution in [1.82, 2.24) is 10.2 Å². The van der Waals surface area contributed by atoms with Gasteiger partial charge in [0.05, 0.1) is 0 Å². The smallest absolute Gasteiger partial charge is 0.0300 e. The van der Waals surface area contributed by atoms with Crippen molar-refractivity contribution in [2.45, 2.75) is 45.3 Å². The van der Waals surface area contributed by atoms with Gasteiger partial charge in [0.25, 0.3) is 0 Å². The fraction of sp³-hybridized carbons (Fsp3) is 0.692. The predicted molar refractivity (Wildman–Crippen MR) is 78.1 cm³/mol. The quantitative estimate of drug-likeness (QED) is 0.769. The van der Waals surface area contributed by atoms with Crippen LogP contribution in [0, 0.1) is 0 Å². The van der Waals surface area contributed by atoms with Crippen molar-refractivity contribution in [3.8, 4) is 0 Å². The summed E-state index contributed by atoms with van der Waals surface area (Å²) in [6.45, 7) is 7.92. The second-order valence-electron chi connectivity index (χ2n) is 4.82. The molecule has 1 heterocycles. The zero-order valence-corrected chi connectivity index (χ0v) is 12.3. The third-order valence-corrected chi connectivity index (χ3v) is 3.98. The molecule has 17 heavy (non-hydrogen) atoms. The van der Waals surface area contributed by atoms with Crippen LogP contribution in [0.25, 0.3) is 0 Å². The lowest BCUT2D eigenvalue weighted by atomic mass is 10.3. The lowest BCUT2D eigenvalue weighted by Crippen LogP contribution is -2.38. The van der Waals surface area contributed by atoms with E-state index in [4.69, 9.17) is 0 Å². The summed E-state index contributed by atoms with van der Waals surface area (Å²) in [6, 6.07) is 5.88. The van der Waals surface area contributed by atoms with Crippen molar-refractivity contribution in [1.29, 1.82) is 0 Å². The van der Waals surface area contributed by atoms with Crippen LogP contribution in [-0.2, 0) is 6.54 Å². The molecular formula is C13H23ClN2S. The maximum atomic E-state index is 3.52. The summed E-state index contributed by atoms with van der Waals surface area (Å²) in [5, 5.41) is 5.67. The number of nitrogens with one attached hydrogen (secondary N) is 1. The Hall–Kier alpha value is -0.0900. The molecule has 1 saturated carbocycles. The van der Waals surface area contributed by atoms with Gasteiger partial charge >= 0.3 is 0 Å². The molecule has 1 aliphatic rings. The zero-order valence-electron chi connectivity index (χ0n) is 10.7. The molecule has 2 nitrogen and oxygen atoms in total. The van der Waals surface area contributed by atoms with Gasteiger partial charge in [0.15, 0.2) is 0 Å². The monoisotopic (exact) mass is 274 g/mol. The van der Waals surface area contributed by atoms with Crippen LogP contribution < -0.4 is 5.32 Å². The molecule has 1 N–H and O–H groups in total. The molecule has 2 rings (SSSR count). The van der Waals surface area contributed by atoms with Gasteiger partial charge in [-0.3, -0.25) is 4.90 Å². The zero-order chi connectivity index (χ0) is 11.4. The van der Waals surface area contributed by atoms with E-state index < -0.39 is 0 Å². The first-order chi connectivity index (χ1) is 7.77. The van der Waals surface area contributed by atoms with Gasteiger partial charge in [0, 0.05) is 36.6 Å². The Bertz CT molecular complexity index is 294. The molecule has 4 heteroatoms. The van der Waals surface area contributed by atoms with E-state index in [-0.39, 0.29) is 12.4 Å². The first-order valence-corrected chi connectivity index (χ1v) is 7.14. The molecule has 0 amide bonds. The molecule has 0 bridgehead atoms. The molecule has 0 radical (unpaired) electrons. The van der Waals surface area contributed by atoms with Gasteiger partial charge in [0.1, 0.15) is 0 Å². The maximum Gasteiger partial charge on any atom is 0.0300 e. The van der Waals surface area contributed by atoms with E-state index in [0.29, 0.717) is 6.04 Å². The average molecular weight is 275 g/mol. The van der Waals surface area contributed by atoms with E-state index in [9.17, 15) is 0 Å². The summed E-state index contributed by atoms with van der Waals surface area (Å²) >= 11 is 1.83. The minimum Gasteiger partial charge on any atom is -0.311 e. The normalized spacial score (nSPS) is 15.3. The van der Waals surface area contributed by atoms with Crippen LogP contribution >= 0.6 is 23.7 Å². The molecule has 0 unspecified atom stereocenters. The van der Waals surface area contributed by atoms with Crippen LogP contribution in [-0.4, -0.2) is 30.1 Å². The van der Waals surface area contributed by atoms with E-state index in [1.807, 2.05) is 11.3 Å². The Labute approximate surface area is 115 Å². The molecule has 0 aromatic carbocycles. The Morgan fingerprint density at radius 2 is 2.24 bits per heavy atom. The standard InChI is InChI=1S/C13H22N2S.ClH/c1-11(2)15(12-5-6-12)8-7-14-10-13-4-3-9-16-13;/h3-4,9,11-12,14H,5-8,10H2,1-2H3;1H. The fourth-order valence-corrected chi connectivity index (χ4v) is 2.78. The van der Waals surface area contributed by atoms with Crippen molar-refractivity contribution >= 4 is 23.7 Å². The van der Waals surface area contributed by atoms with E-state index in [2.05, 4.69) is 41.6 Å². The van der Waals surface area contributed by atoms with Gasteiger partial charge in [-0.1, -0.05) is 6.07 Å². The molecule has 0 saturated heterocycles. The Morgan fingerprint density at radius 1 is 1.47 bits per heavy atom. The molecule has 1 fully saturated rings. The van der Waals surface area contributed by atoms with Gasteiger partial charge in [-0.25, -0.2) is 0 Å². The van der Waals surface area contributed by atoms with Gasteiger partial charge in [-0.15, -0.1) is 23.7 Å². The number of rotatable bonds is 7. The summed E-state index contributed by atoms with van der Waals surface area (Å²) in [7, 11) is 0. The minimum absolute atomic E-state index is 0. The second-order valence-corrected chi connectivity index (χ2v) is 5.85.